The van der Waals surface area contributed by atoms with Gasteiger partial charge in [0, 0.05) is 5.56 Å². The van der Waals surface area contributed by atoms with Crippen LogP contribution < -0.4 is 0 Å². The average molecular weight is 356 g/mol. The summed E-state index contributed by atoms with van der Waals surface area (Å²) in [5.74, 6) is -5.51. The lowest BCUT2D eigenvalue weighted by Crippen LogP contribution is -2.11. The molecule has 0 fully saturated rings. The van der Waals surface area contributed by atoms with Crippen LogP contribution in [0.4, 0.5) is 0 Å². The largest absolute Gasteiger partial charge is 0.478 e. The summed E-state index contributed by atoms with van der Waals surface area (Å²) in [6, 6.07) is 7.37. The Bertz CT molecular complexity index is 903. The van der Waals surface area contributed by atoms with E-state index < -0.39 is 40.6 Å². The maximum Gasteiger partial charge on any atom is 0.336 e. The summed E-state index contributed by atoms with van der Waals surface area (Å²) in [6.07, 6.45) is 2.63. The molecule has 0 aliphatic carbocycles. The number of benzene rings is 2. The Labute approximate surface area is 146 Å². The minimum atomic E-state index is -1.48. The van der Waals surface area contributed by atoms with Crippen molar-refractivity contribution in [2.24, 2.45) is 0 Å². The Morgan fingerprint density at radius 1 is 0.615 bits per heavy atom. The fraction of sp³-hybridized carbons (Fsp3) is 0. The number of hydrogen-bond donors (Lipinski definition) is 4. The van der Waals surface area contributed by atoms with Crippen LogP contribution in [-0.2, 0) is 0 Å². The number of hydrogen-bond acceptors (Lipinski definition) is 4. The van der Waals surface area contributed by atoms with E-state index >= 15 is 0 Å². The quantitative estimate of drug-likeness (QED) is 0.577. The number of aromatic carboxylic acids is 4. The molecule has 4 N–H and O–H groups in total. The second kappa shape index (κ2) is 7.31. The van der Waals surface area contributed by atoms with Gasteiger partial charge in [-0.3, -0.25) is 0 Å². The number of carbonyl (C=O) groups is 4. The molecule has 2 rings (SSSR count). The van der Waals surface area contributed by atoms with E-state index in [-0.39, 0.29) is 11.1 Å². The zero-order valence-electron chi connectivity index (χ0n) is 13.0. The van der Waals surface area contributed by atoms with Gasteiger partial charge in [0.1, 0.15) is 0 Å². The Morgan fingerprint density at radius 2 is 1.08 bits per heavy atom. The Hall–Kier alpha value is -3.94. The fourth-order valence-electron chi connectivity index (χ4n) is 2.23. The molecule has 0 atom stereocenters. The van der Waals surface area contributed by atoms with Crippen molar-refractivity contribution in [3.63, 3.8) is 0 Å². The van der Waals surface area contributed by atoms with Crippen molar-refractivity contribution in [1.82, 2.24) is 0 Å². The van der Waals surface area contributed by atoms with Crippen molar-refractivity contribution >= 4 is 36.0 Å². The molecule has 0 spiro atoms. The maximum atomic E-state index is 11.4. The summed E-state index contributed by atoms with van der Waals surface area (Å²) in [5.41, 5.74) is -1.00. The molecule has 0 bridgehead atoms. The lowest BCUT2D eigenvalue weighted by molar-refractivity contribution is 0.0679. The molecule has 0 aliphatic rings. The highest BCUT2D eigenvalue weighted by atomic mass is 16.4. The van der Waals surface area contributed by atoms with Gasteiger partial charge < -0.3 is 20.4 Å². The molecule has 2 aromatic carbocycles. The van der Waals surface area contributed by atoms with Gasteiger partial charge in [0.05, 0.1) is 22.3 Å². The third-order valence-electron chi connectivity index (χ3n) is 3.49. The Kier molecular flexibility index (Phi) is 5.17. The highest BCUT2D eigenvalue weighted by Gasteiger charge is 2.20. The van der Waals surface area contributed by atoms with Crippen LogP contribution in [0.15, 0.2) is 36.4 Å². The first-order valence-corrected chi connectivity index (χ1v) is 7.10. The second-order valence-corrected chi connectivity index (χ2v) is 5.16. The van der Waals surface area contributed by atoms with Gasteiger partial charge in [0.2, 0.25) is 0 Å². The molecule has 8 heteroatoms. The Morgan fingerprint density at radius 3 is 1.46 bits per heavy atom. The Balaban J connectivity index is 2.56. The van der Waals surface area contributed by atoms with E-state index in [1.54, 1.807) is 0 Å². The summed E-state index contributed by atoms with van der Waals surface area (Å²) in [4.78, 5) is 44.7. The van der Waals surface area contributed by atoms with Crippen LogP contribution in [0.2, 0.25) is 0 Å². The molecule has 0 saturated heterocycles. The third kappa shape index (κ3) is 3.93. The predicted molar refractivity (Wildman–Crippen MR) is 89.6 cm³/mol. The van der Waals surface area contributed by atoms with Crippen LogP contribution >= 0.6 is 0 Å². The van der Waals surface area contributed by atoms with Crippen LogP contribution in [0.3, 0.4) is 0 Å². The van der Waals surface area contributed by atoms with Gasteiger partial charge in [-0.2, -0.15) is 0 Å². The van der Waals surface area contributed by atoms with Gasteiger partial charge in [-0.1, -0.05) is 24.3 Å². The van der Waals surface area contributed by atoms with Crippen molar-refractivity contribution in [3.05, 3.63) is 69.8 Å². The normalized spacial score (nSPS) is 10.6. The van der Waals surface area contributed by atoms with Gasteiger partial charge in [0.15, 0.2) is 0 Å². The molecule has 0 saturated carbocycles. The molecule has 0 unspecified atom stereocenters. The SMILES string of the molecule is O=C(O)c1ccc(/C=C/c2c(C(=O)O)cc(C(=O)O)cc2C(=O)O)cc1. The summed E-state index contributed by atoms with van der Waals surface area (Å²) in [6.45, 7) is 0. The topological polar surface area (TPSA) is 149 Å². The molecule has 0 aromatic heterocycles. The minimum absolute atomic E-state index is 0.0606. The lowest BCUT2D eigenvalue weighted by atomic mass is 9.96. The number of carboxylic acids is 4. The van der Waals surface area contributed by atoms with Gasteiger partial charge in [0.25, 0.3) is 0 Å². The van der Waals surface area contributed by atoms with Crippen LogP contribution in [0.1, 0.15) is 52.6 Å². The van der Waals surface area contributed by atoms with Crippen LogP contribution in [0.25, 0.3) is 12.2 Å². The van der Waals surface area contributed by atoms with E-state index in [9.17, 15) is 29.4 Å². The molecule has 8 nitrogen and oxygen atoms in total. The van der Waals surface area contributed by atoms with E-state index in [1.165, 1.54) is 36.4 Å². The fourth-order valence-corrected chi connectivity index (χ4v) is 2.23. The minimum Gasteiger partial charge on any atom is -0.478 e. The van der Waals surface area contributed by atoms with Crippen LogP contribution in [0, 0.1) is 0 Å². The van der Waals surface area contributed by atoms with E-state index in [0.717, 1.165) is 12.1 Å². The molecule has 2 aromatic rings. The molecule has 0 heterocycles. The molecular weight excluding hydrogens is 344 g/mol. The van der Waals surface area contributed by atoms with Gasteiger partial charge >= 0.3 is 23.9 Å². The molecule has 132 valence electrons. The van der Waals surface area contributed by atoms with Crippen molar-refractivity contribution in [2.75, 3.05) is 0 Å². The standard InChI is InChI=1S/C18H12O8/c19-15(20)10-4-1-9(2-5-10)3-6-12-13(17(23)24)7-11(16(21)22)8-14(12)18(25)26/h1-8H,(H,19,20)(H,21,22)(H,23,24)(H,25,26)/b6-3+. The van der Waals surface area contributed by atoms with Gasteiger partial charge in [-0.05, 0) is 29.8 Å². The highest BCUT2D eigenvalue weighted by Crippen LogP contribution is 2.22. The first-order chi connectivity index (χ1) is 12.2. The predicted octanol–water partition coefficient (Wildman–Crippen LogP) is 2.65. The molecule has 0 amide bonds. The zero-order valence-corrected chi connectivity index (χ0v) is 13.0. The van der Waals surface area contributed by atoms with Gasteiger partial charge in [-0.25, -0.2) is 19.2 Å². The smallest absolute Gasteiger partial charge is 0.336 e. The highest BCUT2D eigenvalue weighted by molar-refractivity contribution is 6.04. The van der Waals surface area contributed by atoms with E-state index in [2.05, 4.69) is 0 Å². The third-order valence-corrected chi connectivity index (χ3v) is 3.49. The number of rotatable bonds is 6. The monoisotopic (exact) mass is 356 g/mol. The van der Waals surface area contributed by atoms with Gasteiger partial charge in [-0.15, -0.1) is 0 Å². The zero-order chi connectivity index (χ0) is 19.4. The lowest BCUT2D eigenvalue weighted by Gasteiger charge is -2.08. The second-order valence-electron chi connectivity index (χ2n) is 5.16. The average Bonchev–Trinajstić information content (AvgIpc) is 2.59. The van der Waals surface area contributed by atoms with Crippen LogP contribution in [0.5, 0.6) is 0 Å². The first-order valence-electron chi connectivity index (χ1n) is 7.10. The summed E-state index contributed by atoms with van der Waals surface area (Å²) >= 11 is 0. The van der Waals surface area contributed by atoms with E-state index in [0.29, 0.717) is 5.56 Å². The van der Waals surface area contributed by atoms with E-state index in [4.69, 9.17) is 10.2 Å². The number of carboxylic acid groups (broad SMARTS) is 4. The van der Waals surface area contributed by atoms with Crippen molar-refractivity contribution in [1.29, 1.82) is 0 Å². The first kappa shape index (κ1) is 18.4. The van der Waals surface area contributed by atoms with E-state index in [1.807, 2.05) is 0 Å². The van der Waals surface area contributed by atoms with Crippen molar-refractivity contribution in [3.8, 4) is 0 Å². The summed E-state index contributed by atoms with van der Waals surface area (Å²) in [5, 5.41) is 36.4. The van der Waals surface area contributed by atoms with Crippen LogP contribution in [-0.4, -0.2) is 44.3 Å². The molecular formula is C18H12O8. The summed E-state index contributed by atoms with van der Waals surface area (Å²) in [7, 11) is 0. The molecule has 26 heavy (non-hydrogen) atoms. The van der Waals surface area contributed by atoms with Crippen molar-refractivity contribution < 1.29 is 39.6 Å². The van der Waals surface area contributed by atoms with Crippen molar-refractivity contribution in [2.45, 2.75) is 0 Å². The summed E-state index contributed by atoms with van der Waals surface area (Å²) < 4.78 is 0. The maximum absolute atomic E-state index is 11.4. The molecule has 0 radical (unpaired) electrons. The molecule has 0 aliphatic heterocycles.